The molecule has 2 fully saturated rings. The van der Waals surface area contributed by atoms with Gasteiger partial charge < -0.3 is 9.69 Å². The van der Waals surface area contributed by atoms with Gasteiger partial charge in [0, 0.05) is 23.8 Å². The molecule has 0 bridgehead atoms. The summed E-state index contributed by atoms with van der Waals surface area (Å²) in [6.07, 6.45) is 9.92. The van der Waals surface area contributed by atoms with Crippen LogP contribution in [0.4, 0.5) is 0 Å². The SMILES string of the molecule is CN(CC1(C=O)CCCCCC1)C1CCSC1. The summed E-state index contributed by atoms with van der Waals surface area (Å²) in [5, 5.41) is 0. The minimum absolute atomic E-state index is 0.0293. The van der Waals surface area contributed by atoms with Crippen LogP contribution in [0.3, 0.4) is 0 Å². The lowest BCUT2D eigenvalue weighted by Gasteiger charge is -2.34. The molecule has 0 spiro atoms. The van der Waals surface area contributed by atoms with Gasteiger partial charge in [-0.3, -0.25) is 0 Å². The van der Waals surface area contributed by atoms with E-state index in [1.54, 1.807) is 0 Å². The third kappa shape index (κ3) is 3.47. The lowest BCUT2D eigenvalue weighted by Crippen LogP contribution is -2.42. The Balaban J connectivity index is 1.94. The van der Waals surface area contributed by atoms with Crippen molar-refractivity contribution in [1.29, 1.82) is 0 Å². The molecule has 1 unspecified atom stereocenters. The van der Waals surface area contributed by atoms with Crippen molar-refractivity contribution in [2.75, 3.05) is 25.1 Å². The third-order valence-corrected chi connectivity index (χ3v) is 5.59. The van der Waals surface area contributed by atoms with Crippen molar-refractivity contribution in [3.8, 4) is 0 Å². The number of thioether (sulfide) groups is 1. The number of hydrogen-bond donors (Lipinski definition) is 0. The second kappa shape index (κ2) is 6.24. The quantitative estimate of drug-likeness (QED) is 0.569. The first-order chi connectivity index (χ1) is 8.26. The van der Waals surface area contributed by atoms with Gasteiger partial charge in [-0.1, -0.05) is 25.7 Å². The van der Waals surface area contributed by atoms with Crippen LogP contribution in [0.15, 0.2) is 0 Å². The van der Waals surface area contributed by atoms with Gasteiger partial charge >= 0.3 is 0 Å². The summed E-state index contributed by atoms with van der Waals surface area (Å²) in [5.41, 5.74) is -0.0293. The monoisotopic (exact) mass is 255 g/mol. The fourth-order valence-electron chi connectivity index (χ4n) is 3.24. The van der Waals surface area contributed by atoms with Crippen molar-refractivity contribution in [3.05, 3.63) is 0 Å². The Hall–Kier alpha value is -0.0200. The van der Waals surface area contributed by atoms with Crippen molar-refractivity contribution < 1.29 is 4.79 Å². The largest absolute Gasteiger partial charge is 0.303 e. The molecule has 0 radical (unpaired) electrons. The number of nitrogens with zero attached hydrogens (tertiary/aromatic N) is 1. The Labute approximate surface area is 110 Å². The lowest BCUT2D eigenvalue weighted by molar-refractivity contribution is -0.118. The molecular weight excluding hydrogens is 230 g/mol. The first kappa shape index (κ1) is 13.4. The lowest BCUT2D eigenvalue weighted by atomic mass is 9.81. The van der Waals surface area contributed by atoms with Crippen molar-refractivity contribution in [2.45, 2.75) is 51.0 Å². The van der Waals surface area contributed by atoms with Crippen molar-refractivity contribution >= 4 is 18.0 Å². The first-order valence-corrected chi connectivity index (χ1v) is 8.16. The van der Waals surface area contributed by atoms with E-state index < -0.39 is 0 Å². The highest BCUT2D eigenvalue weighted by molar-refractivity contribution is 7.99. The van der Waals surface area contributed by atoms with Gasteiger partial charge in [0.05, 0.1) is 0 Å². The van der Waals surface area contributed by atoms with E-state index in [1.807, 2.05) is 0 Å². The Morgan fingerprint density at radius 3 is 2.53 bits per heavy atom. The summed E-state index contributed by atoms with van der Waals surface area (Å²) in [6.45, 7) is 0.988. The smallest absolute Gasteiger partial charge is 0.127 e. The molecule has 98 valence electrons. The number of rotatable bonds is 4. The summed E-state index contributed by atoms with van der Waals surface area (Å²) in [5.74, 6) is 2.55. The minimum Gasteiger partial charge on any atom is -0.303 e. The number of aldehydes is 1. The second-order valence-corrected chi connectivity index (χ2v) is 6.98. The van der Waals surface area contributed by atoms with Gasteiger partial charge in [-0.15, -0.1) is 0 Å². The van der Waals surface area contributed by atoms with Crippen LogP contribution in [0.1, 0.15) is 44.9 Å². The van der Waals surface area contributed by atoms with Gasteiger partial charge in [0.25, 0.3) is 0 Å². The highest BCUT2D eigenvalue weighted by Crippen LogP contribution is 2.35. The Kier molecular flexibility index (Phi) is 4.92. The van der Waals surface area contributed by atoms with Crippen LogP contribution in [0.2, 0.25) is 0 Å². The Bertz CT molecular complexity index is 243. The second-order valence-electron chi connectivity index (χ2n) is 5.83. The molecule has 1 saturated heterocycles. The van der Waals surface area contributed by atoms with Crippen molar-refractivity contribution in [2.24, 2.45) is 5.41 Å². The zero-order chi connectivity index (χ0) is 12.1. The summed E-state index contributed by atoms with van der Waals surface area (Å²) < 4.78 is 0. The van der Waals surface area contributed by atoms with E-state index in [2.05, 4.69) is 23.7 Å². The number of carbonyl (C=O) groups excluding carboxylic acids is 1. The predicted molar refractivity (Wildman–Crippen MR) is 74.6 cm³/mol. The summed E-state index contributed by atoms with van der Waals surface area (Å²) in [6, 6.07) is 0.708. The van der Waals surface area contributed by atoms with Gasteiger partial charge in [-0.05, 0) is 32.1 Å². The maximum Gasteiger partial charge on any atom is 0.127 e. The average Bonchev–Trinajstić information content (AvgIpc) is 2.78. The molecule has 0 aromatic rings. The molecule has 0 aromatic carbocycles. The molecule has 0 amide bonds. The molecule has 1 heterocycles. The van der Waals surface area contributed by atoms with E-state index in [9.17, 15) is 4.79 Å². The molecule has 2 nitrogen and oxygen atoms in total. The molecule has 1 aliphatic heterocycles. The molecule has 2 aliphatic rings. The van der Waals surface area contributed by atoms with E-state index in [0.717, 1.165) is 19.4 Å². The van der Waals surface area contributed by atoms with Gasteiger partial charge in [0.15, 0.2) is 0 Å². The Morgan fingerprint density at radius 2 is 2.00 bits per heavy atom. The molecular formula is C14H25NOS. The van der Waals surface area contributed by atoms with Gasteiger partial charge in [0.1, 0.15) is 6.29 Å². The zero-order valence-corrected chi connectivity index (χ0v) is 11.8. The topological polar surface area (TPSA) is 20.3 Å². The molecule has 1 atom stereocenters. The molecule has 1 aliphatic carbocycles. The van der Waals surface area contributed by atoms with Crippen LogP contribution >= 0.6 is 11.8 Å². The molecule has 2 rings (SSSR count). The number of hydrogen-bond acceptors (Lipinski definition) is 3. The van der Waals surface area contributed by atoms with Crippen LogP contribution in [-0.4, -0.2) is 42.3 Å². The molecule has 1 saturated carbocycles. The van der Waals surface area contributed by atoms with Crippen LogP contribution in [0.5, 0.6) is 0 Å². The highest BCUT2D eigenvalue weighted by atomic mass is 32.2. The van der Waals surface area contributed by atoms with Gasteiger partial charge in [0.2, 0.25) is 0 Å². The standard InChI is InChI=1S/C14H25NOS/c1-15(13-6-9-17-10-13)11-14(12-16)7-4-2-3-5-8-14/h12-13H,2-11H2,1H3. The van der Waals surface area contributed by atoms with Crippen molar-refractivity contribution in [1.82, 2.24) is 4.90 Å². The van der Waals surface area contributed by atoms with E-state index in [-0.39, 0.29) is 5.41 Å². The summed E-state index contributed by atoms with van der Waals surface area (Å²) in [7, 11) is 2.21. The molecule has 3 heteroatoms. The molecule has 17 heavy (non-hydrogen) atoms. The van der Waals surface area contributed by atoms with E-state index in [4.69, 9.17) is 0 Å². The Morgan fingerprint density at radius 1 is 1.29 bits per heavy atom. The predicted octanol–water partition coefficient (Wildman–Crippen LogP) is 2.96. The van der Waals surface area contributed by atoms with Crippen LogP contribution in [0, 0.1) is 5.41 Å². The zero-order valence-electron chi connectivity index (χ0n) is 11.0. The van der Waals surface area contributed by atoms with Crippen LogP contribution in [-0.2, 0) is 4.79 Å². The van der Waals surface area contributed by atoms with Crippen LogP contribution in [0.25, 0.3) is 0 Å². The van der Waals surface area contributed by atoms with E-state index in [0.29, 0.717) is 6.04 Å². The van der Waals surface area contributed by atoms with Gasteiger partial charge in [-0.2, -0.15) is 11.8 Å². The van der Waals surface area contributed by atoms with Gasteiger partial charge in [-0.25, -0.2) is 0 Å². The molecule has 0 N–H and O–H groups in total. The normalized spacial score (nSPS) is 29.2. The molecule has 0 aromatic heterocycles. The highest BCUT2D eigenvalue weighted by Gasteiger charge is 2.34. The van der Waals surface area contributed by atoms with E-state index >= 15 is 0 Å². The van der Waals surface area contributed by atoms with Crippen LogP contribution < -0.4 is 0 Å². The van der Waals surface area contributed by atoms with E-state index in [1.165, 1.54) is 49.9 Å². The number of carbonyl (C=O) groups is 1. The fourth-order valence-corrected chi connectivity index (χ4v) is 4.54. The summed E-state index contributed by atoms with van der Waals surface area (Å²) >= 11 is 2.05. The summed E-state index contributed by atoms with van der Waals surface area (Å²) in [4.78, 5) is 14.0. The third-order valence-electron chi connectivity index (χ3n) is 4.44. The maximum atomic E-state index is 11.6. The average molecular weight is 255 g/mol. The maximum absolute atomic E-state index is 11.6. The first-order valence-electron chi connectivity index (χ1n) is 7.00. The minimum atomic E-state index is -0.0293. The van der Waals surface area contributed by atoms with Crippen molar-refractivity contribution in [3.63, 3.8) is 0 Å². The fraction of sp³-hybridized carbons (Fsp3) is 0.929.